The molecule has 1 N–H and O–H groups in total. The third kappa shape index (κ3) is 1.89. The topological polar surface area (TPSA) is 28.7 Å². The van der Waals surface area contributed by atoms with E-state index >= 15 is 0 Å². The maximum absolute atomic E-state index is 4.59. The Hall–Kier alpha value is -1.87. The van der Waals surface area contributed by atoms with Crippen LogP contribution in [-0.2, 0) is 0 Å². The Kier molecular flexibility index (Phi) is 2.53. The van der Waals surface area contributed by atoms with Crippen LogP contribution in [0.15, 0.2) is 47.8 Å². The molecule has 84 valence electrons. The van der Waals surface area contributed by atoms with Crippen molar-refractivity contribution in [2.45, 2.75) is 6.92 Å². The first-order valence-electron chi connectivity index (χ1n) is 5.50. The van der Waals surface area contributed by atoms with Crippen LogP contribution in [0.3, 0.4) is 0 Å². The zero-order chi connectivity index (χ0) is 11.7. The summed E-state index contributed by atoms with van der Waals surface area (Å²) in [5.74, 6) is 0.951. The zero-order valence-corrected chi connectivity index (χ0v) is 10.3. The second-order valence-electron chi connectivity index (χ2n) is 3.89. The fraction of sp³-hybridized carbons (Fsp3) is 0.0714. The fourth-order valence-electron chi connectivity index (χ4n) is 1.90. The second-order valence-corrected chi connectivity index (χ2v) is 4.84. The van der Waals surface area contributed by atoms with Crippen LogP contribution in [0.25, 0.3) is 21.8 Å². The number of thiophene rings is 1. The van der Waals surface area contributed by atoms with Crippen LogP contribution < -0.4 is 0 Å². The summed E-state index contributed by atoms with van der Waals surface area (Å²) in [5, 5.41) is 2.08. The summed E-state index contributed by atoms with van der Waals surface area (Å²) in [4.78, 5) is 9.16. The molecule has 1 aromatic carbocycles. The lowest BCUT2D eigenvalue weighted by atomic mass is 10.1. The van der Waals surface area contributed by atoms with Crippen molar-refractivity contribution >= 4 is 11.3 Å². The molecule has 0 amide bonds. The lowest BCUT2D eigenvalue weighted by Crippen LogP contribution is -1.80. The van der Waals surface area contributed by atoms with Crippen molar-refractivity contribution in [2.24, 2.45) is 0 Å². The van der Waals surface area contributed by atoms with Gasteiger partial charge in [0, 0.05) is 5.56 Å². The van der Waals surface area contributed by atoms with E-state index in [1.165, 1.54) is 4.88 Å². The minimum Gasteiger partial charge on any atom is -0.341 e. The average molecular weight is 240 g/mol. The minimum absolute atomic E-state index is 0.951. The van der Waals surface area contributed by atoms with Gasteiger partial charge in [0.15, 0.2) is 0 Å². The molecule has 3 heteroatoms. The third-order valence-electron chi connectivity index (χ3n) is 2.64. The number of imidazole rings is 1. The van der Waals surface area contributed by atoms with E-state index in [9.17, 15) is 0 Å². The molecule has 0 spiro atoms. The molecule has 0 unspecified atom stereocenters. The summed E-state index contributed by atoms with van der Waals surface area (Å²) in [6, 6.07) is 14.5. The maximum Gasteiger partial charge on any atom is 0.104 e. The van der Waals surface area contributed by atoms with E-state index in [-0.39, 0.29) is 0 Å². The highest BCUT2D eigenvalue weighted by Crippen LogP contribution is 2.32. The largest absolute Gasteiger partial charge is 0.341 e. The van der Waals surface area contributed by atoms with E-state index in [0.29, 0.717) is 0 Å². The minimum atomic E-state index is 0.951. The summed E-state index contributed by atoms with van der Waals surface area (Å²) in [6.07, 6.45) is 0. The van der Waals surface area contributed by atoms with Gasteiger partial charge in [0.05, 0.1) is 16.3 Å². The van der Waals surface area contributed by atoms with E-state index in [1.807, 2.05) is 25.1 Å². The fourth-order valence-corrected chi connectivity index (χ4v) is 2.62. The smallest absolute Gasteiger partial charge is 0.104 e. The number of benzene rings is 1. The maximum atomic E-state index is 4.59. The van der Waals surface area contributed by atoms with Gasteiger partial charge in [-0.15, -0.1) is 11.3 Å². The Morgan fingerprint density at radius 1 is 1.06 bits per heavy atom. The number of H-pyrrole nitrogens is 1. The van der Waals surface area contributed by atoms with Crippen LogP contribution in [0.1, 0.15) is 5.82 Å². The Balaban J connectivity index is 2.18. The van der Waals surface area contributed by atoms with Gasteiger partial charge in [0.2, 0.25) is 0 Å². The molecule has 0 bridgehead atoms. The van der Waals surface area contributed by atoms with Gasteiger partial charge in [-0.2, -0.15) is 0 Å². The summed E-state index contributed by atoms with van der Waals surface area (Å²) < 4.78 is 0. The molecule has 0 aliphatic heterocycles. The van der Waals surface area contributed by atoms with Crippen molar-refractivity contribution in [1.29, 1.82) is 0 Å². The first-order chi connectivity index (χ1) is 8.34. The standard InChI is InChI=1S/C14H12N2S/c1-10-15-13(11-6-3-2-4-7-11)14(16-10)12-8-5-9-17-12/h2-9H,1H3,(H,15,16). The van der Waals surface area contributed by atoms with Crippen LogP contribution in [0.2, 0.25) is 0 Å². The summed E-state index contributed by atoms with van der Waals surface area (Å²) in [6.45, 7) is 1.99. The zero-order valence-electron chi connectivity index (χ0n) is 9.47. The highest BCUT2D eigenvalue weighted by atomic mass is 32.1. The Labute approximate surface area is 104 Å². The molecular formula is C14H12N2S. The third-order valence-corrected chi connectivity index (χ3v) is 3.52. The van der Waals surface area contributed by atoms with Crippen LogP contribution >= 0.6 is 11.3 Å². The summed E-state index contributed by atoms with van der Waals surface area (Å²) >= 11 is 1.73. The first kappa shape index (κ1) is 10.3. The SMILES string of the molecule is Cc1nc(-c2ccccc2)c(-c2cccs2)[nH]1. The normalized spacial score (nSPS) is 10.6. The molecule has 2 aromatic heterocycles. The molecule has 0 aliphatic carbocycles. The monoisotopic (exact) mass is 240 g/mol. The van der Waals surface area contributed by atoms with Crippen LogP contribution in [0, 0.1) is 6.92 Å². The van der Waals surface area contributed by atoms with Crippen LogP contribution in [-0.4, -0.2) is 9.97 Å². The predicted octanol–water partition coefficient (Wildman–Crippen LogP) is 4.11. The second kappa shape index (κ2) is 4.18. The number of hydrogen-bond donors (Lipinski definition) is 1. The summed E-state index contributed by atoms with van der Waals surface area (Å²) in [5.41, 5.74) is 3.30. The molecule has 17 heavy (non-hydrogen) atoms. The van der Waals surface area contributed by atoms with Gasteiger partial charge >= 0.3 is 0 Å². The van der Waals surface area contributed by atoms with E-state index in [1.54, 1.807) is 11.3 Å². The predicted molar refractivity (Wildman–Crippen MR) is 72.1 cm³/mol. The van der Waals surface area contributed by atoms with Gasteiger partial charge < -0.3 is 4.98 Å². The summed E-state index contributed by atoms with van der Waals surface area (Å²) in [7, 11) is 0. The van der Waals surface area contributed by atoms with Gasteiger partial charge in [-0.25, -0.2) is 4.98 Å². The Morgan fingerprint density at radius 2 is 1.88 bits per heavy atom. The van der Waals surface area contributed by atoms with E-state index in [0.717, 1.165) is 22.8 Å². The van der Waals surface area contributed by atoms with Crippen molar-refractivity contribution in [2.75, 3.05) is 0 Å². The number of nitrogens with one attached hydrogen (secondary N) is 1. The molecule has 3 aromatic rings. The number of aryl methyl sites for hydroxylation is 1. The van der Waals surface area contributed by atoms with E-state index < -0.39 is 0 Å². The van der Waals surface area contributed by atoms with Gasteiger partial charge in [0.1, 0.15) is 5.82 Å². The molecule has 0 aliphatic rings. The molecule has 2 heterocycles. The van der Waals surface area contributed by atoms with Crippen LogP contribution in [0.4, 0.5) is 0 Å². The Bertz CT molecular complexity index is 609. The van der Waals surface area contributed by atoms with Crippen molar-refractivity contribution in [3.63, 3.8) is 0 Å². The average Bonchev–Trinajstić information content (AvgIpc) is 2.98. The number of aromatic nitrogens is 2. The van der Waals surface area contributed by atoms with Gasteiger partial charge in [-0.1, -0.05) is 36.4 Å². The molecule has 0 saturated heterocycles. The van der Waals surface area contributed by atoms with Gasteiger partial charge in [0.25, 0.3) is 0 Å². The van der Waals surface area contributed by atoms with Crippen LogP contribution in [0.5, 0.6) is 0 Å². The molecule has 0 fully saturated rings. The van der Waals surface area contributed by atoms with Gasteiger partial charge in [-0.05, 0) is 18.4 Å². The molecule has 0 atom stereocenters. The highest BCUT2D eigenvalue weighted by Gasteiger charge is 2.12. The number of aromatic amines is 1. The molecule has 0 saturated carbocycles. The lowest BCUT2D eigenvalue weighted by Gasteiger charge is -1.99. The van der Waals surface area contributed by atoms with E-state index in [4.69, 9.17) is 0 Å². The van der Waals surface area contributed by atoms with Crippen molar-refractivity contribution < 1.29 is 0 Å². The quantitative estimate of drug-likeness (QED) is 0.717. The van der Waals surface area contributed by atoms with Crippen molar-refractivity contribution in [1.82, 2.24) is 9.97 Å². The lowest BCUT2D eigenvalue weighted by molar-refractivity contribution is 1.15. The van der Waals surface area contributed by atoms with Crippen molar-refractivity contribution in [3.8, 4) is 21.8 Å². The number of hydrogen-bond acceptors (Lipinski definition) is 2. The van der Waals surface area contributed by atoms with Gasteiger partial charge in [-0.3, -0.25) is 0 Å². The molecule has 0 radical (unpaired) electrons. The van der Waals surface area contributed by atoms with E-state index in [2.05, 4.69) is 39.6 Å². The first-order valence-corrected chi connectivity index (χ1v) is 6.38. The highest BCUT2D eigenvalue weighted by molar-refractivity contribution is 7.13. The number of rotatable bonds is 2. The molecule has 2 nitrogen and oxygen atoms in total. The molecule has 3 rings (SSSR count). The molecular weight excluding hydrogens is 228 g/mol. The Morgan fingerprint density at radius 3 is 2.59 bits per heavy atom. The number of nitrogens with zero attached hydrogens (tertiary/aromatic N) is 1. The van der Waals surface area contributed by atoms with Crippen molar-refractivity contribution in [3.05, 3.63) is 53.7 Å².